The summed E-state index contributed by atoms with van der Waals surface area (Å²) in [6, 6.07) is 6.66. The zero-order chi connectivity index (χ0) is 59.8. The van der Waals surface area contributed by atoms with Crippen LogP contribution in [0.3, 0.4) is 0 Å². The fourth-order valence-electron chi connectivity index (χ4n) is 8.49. The summed E-state index contributed by atoms with van der Waals surface area (Å²) in [6.45, 7) is 27.9. The summed E-state index contributed by atoms with van der Waals surface area (Å²) >= 11 is 6.31. The number of sulfonamides is 2. The Labute approximate surface area is 487 Å². The van der Waals surface area contributed by atoms with E-state index in [4.69, 9.17) is 36.8 Å². The minimum atomic E-state index is -3.62. The molecule has 0 atom stereocenters. The van der Waals surface area contributed by atoms with Crippen LogP contribution in [0, 0.1) is 0 Å². The smallest absolute Gasteiger partial charge is 0.454 e. The predicted octanol–water partition coefficient (Wildman–Crippen LogP) is 9.06. The highest BCUT2D eigenvalue weighted by Crippen LogP contribution is 2.45. The molecule has 0 unspecified atom stereocenters. The normalized spacial score (nSPS) is 18.7. The number of rotatable bonds is 12. The second-order valence-corrected chi connectivity index (χ2v) is 29.8. The number of fused-ring (bicyclic) bond motifs is 2. The molecule has 28 heteroatoms. The van der Waals surface area contributed by atoms with E-state index < -0.39 is 52.4 Å². The van der Waals surface area contributed by atoms with Crippen LogP contribution in [0.2, 0.25) is 0 Å². The predicted molar refractivity (Wildman–Crippen MR) is 322 cm³/mol. The molecule has 6 aromatic rings. The van der Waals surface area contributed by atoms with Gasteiger partial charge in [0.1, 0.15) is 11.2 Å². The van der Waals surface area contributed by atoms with Crippen LogP contribution in [0.15, 0.2) is 50.0 Å². The summed E-state index contributed by atoms with van der Waals surface area (Å²) in [5.41, 5.74) is 0.0713. The molecule has 434 valence electrons. The molecule has 0 spiro atoms. The molecule has 3 fully saturated rings. The molecule has 0 bridgehead atoms. The van der Waals surface area contributed by atoms with Crippen LogP contribution >= 0.6 is 38.6 Å². The first-order valence-corrected chi connectivity index (χ1v) is 32.0. The molecule has 0 aliphatic carbocycles. The van der Waals surface area contributed by atoms with Crippen molar-refractivity contribution >= 4 is 130 Å². The summed E-state index contributed by atoms with van der Waals surface area (Å²) < 4.78 is 100. The third-order valence-electron chi connectivity index (χ3n) is 15.6. The van der Waals surface area contributed by atoms with Gasteiger partial charge in [-0.1, -0.05) is 13.8 Å². The summed E-state index contributed by atoms with van der Waals surface area (Å²) in [5.74, 6) is 0.198. The quantitative estimate of drug-likeness (QED) is 0.109. The van der Waals surface area contributed by atoms with Gasteiger partial charge in [0.25, 0.3) is 11.8 Å². The van der Waals surface area contributed by atoms with Gasteiger partial charge in [-0.15, -0.1) is 22.7 Å². The van der Waals surface area contributed by atoms with Crippen LogP contribution in [0.1, 0.15) is 128 Å². The second-order valence-electron chi connectivity index (χ2n) is 22.7. The van der Waals surface area contributed by atoms with E-state index in [1.54, 1.807) is 50.8 Å². The third-order valence-corrected chi connectivity index (χ3v) is 20.9. The average Bonchev–Trinajstić information content (AvgIpc) is 4.25. The molecule has 3 aliphatic heterocycles. The van der Waals surface area contributed by atoms with E-state index in [9.17, 15) is 26.4 Å². The molecule has 2 N–H and O–H groups in total. The van der Waals surface area contributed by atoms with Crippen molar-refractivity contribution in [3.8, 4) is 21.3 Å². The van der Waals surface area contributed by atoms with Crippen LogP contribution in [-0.4, -0.2) is 134 Å². The number of furan rings is 2. The van der Waals surface area contributed by atoms with Gasteiger partial charge >= 0.3 is 21.1 Å². The van der Waals surface area contributed by atoms with Gasteiger partial charge in [-0.25, -0.2) is 26.8 Å². The van der Waals surface area contributed by atoms with Gasteiger partial charge in [-0.05, 0) is 124 Å². The Bertz CT molecular complexity index is 3490. The number of carbonyl (C=O) groups excluding carboxylic acids is 2. The lowest BCUT2D eigenvalue weighted by atomic mass is 9.49. The SMILES string of the molecule is CC1(C)OB(B2OC(C)(C)C(C)(C)O2)OC1(C)C.CCc1ncc(-c2oc3cc(N(C)S(C)(=O)=O)c(B4OC(C)(C)C(C)(C)O4)cc3c2C(=O)NC)s1.CCc1ncc(-c2oc3cc(N(C)S(C)(=O)=O)c(Br)cc3c2C(=O)NC)s1. The van der Waals surface area contributed by atoms with E-state index in [-0.39, 0.29) is 34.2 Å². The number of benzene rings is 2. The maximum absolute atomic E-state index is 13.0. The molecule has 3 aliphatic rings. The lowest BCUT2D eigenvalue weighted by Gasteiger charge is -2.32. The number of amides is 2. The first-order chi connectivity index (χ1) is 36.7. The summed E-state index contributed by atoms with van der Waals surface area (Å²) in [6.07, 6.45) is 7.16. The highest BCUT2D eigenvalue weighted by Gasteiger charge is 2.64. The fourth-order valence-corrected chi connectivity index (χ4v) is 11.9. The van der Waals surface area contributed by atoms with E-state index in [0.717, 1.165) is 48.9 Å². The lowest BCUT2D eigenvalue weighted by molar-refractivity contribution is 0.00578. The minimum absolute atomic E-state index is 0.286. The zero-order valence-electron chi connectivity index (χ0n) is 49.1. The number of aromatic nitrogens is 2. The summed E-state index contributed by atoms with van der Waals surface area (Å²) in [4.78, 5) is 35.8. The van der Waals surface area contributed by atoms with E-state index >= 15 is 0 Å². The number of halogens is 1. The highest BCUT2D eigenvalue weighted by molar-refractivity contribution is 9.10. The van der Waals surface area contributed by atoms with E-state index in [2.05, 4.69) is 36.5 Å². The molecule has 9 rings (SSSR count). The van der Waals surface area contributed by atoms with Crippen LogP contribution in [-0.2, 0) is 60.8 Å². The molecule has 2 amide bonds. The standard InChI is InChI=1S/C23H30BN3O6S2.C17H18BrN3O4S2.C12H24B2O4/c1-9-18-26-12-17(34-18)20-19(21(28)25-6)13-10-14(24-32-22(2,3)23(4,5)33-24)15(11-16(13)31-20)27(7)35(8,29)30;1-5-14-20-8-13(26-14)16-15(17(22)19-2)9-6-10(18)11(7-12(9)25-16)21(3)27(4,23)24;1-9(2)10(3,4)16-13(15-9)14-17-11(5,6)12(7,8)18-14/h10-12H,9H2,1-8H3,(H,25,28);6-8H,5H2,1-4H3,(H,19,22);1-8H3. The topological polar surface area (TPSA) is 240 Å². The van der Waals surface area contributed by atoms with Gasteiger partial charge in [0, 0.05) is 73.4 Å². The van der Waals surface area contributed by atoms with Crippen molar-refractivity contribution in [2.24, 2.45) is 0 Å². The van der Waals surface area contributed by atoms with Crippen LogP contribution in [0.25, 0.3) is 43.2 Å². The number of anilines is 2. The number of carbonyl (C=O) groups is 2. The molecule has 0 radical (unpaired) electrons. The number of aryl methyl sites for hydroxylation is 2. The van der Waals surface area contributed by atoms with Crippen LogP contribution in [0.5, 0.6) is 0 Å². The number of hydrogen-bond acceptors (Lipinski definition) is 18. The maximum Gasteiger partial charge on any atom is 0.497 e. The van der Waals surface area contributed by atoms with Crippen molar-refractivity contribution in [1.82, 2.24) is 20.6 Å². The average molecular weight is 1250 g/mol. The van der Waals surface area contributed by atoms with Crippen LogP contribution in [0.4, 0.5) is 11.4 Å². The first kappa shape index (κ1) is 63.2. The molecular formula is C52H72B3BrN6O14S4. The molecule has 80 heavy (non-hydrogen) atoms. The van der Waals surface area contributed by atoms with Gasteiger partial charge in [-0.2, -0.15) is 0 Å². The van der Waals surface area contributed by atoms with Crippen LogP contribution < -0.4 is 24.7 Å². The highest BCUT2D eigenvalue weighted by atomic mass is 79.9. The third kappa shape index (κ3) is 12.2. The van der Waals surface area contributed by atoms with Gasteiger partial charge in [0.05, 0.1) is 88.4 Å². The van der Waals surface area contributed by atoms with E-state index in [0.29, 0.717) is 70.8 Å². The van der Waals surface area contributed by atoms with Gasteiger partial charge in [0.15, 0.2) is 11.5 Å². The molecule has 0 saturated carbocycles. The fraction of sp³-hybridized carbons (Fsp3) is 0.538. The number of nitrogens with zero attached hydrogens (tertiary/aromatic N) is 4. The first-order valence-electron chi connectivity index (χ1n) is 25.9. The Kier molecular flexibility index (Phi) is 17.7. The number of nitrogens with one attached hydrogen (secondary N) is 2. The molecule has 3 saturated heterocycles. The maximum atomic E-state index is 13.0. The largest absolute Gasteiger partial charge is 0.497 e. The van der Waals surface area contributed by atoms with Gasteiger partial charge in [-0.3, -0.25) is 18.2 Å². The Hall–Kier alpha value is -4.35. The number of thiazole rings is 2. The monoisotopic (exact) mass is 1240 g/mol. The minimum Gasteiger partial charge on any atom is -0.454 e. The Morgan fingerprint density at radius 2 is 0.912 bits per heavy atom. The van der Waals surface area contributed by atoms with Crippen molar-refractivity contribution in [2.45, 2.75) is 143 Å². The lowest BCUT2D eigenvalue weighted by Crippen LogP contribution is -2.41. The molecule has 7 heterocycles. The van der Waals surface area contributed by atoms with Crippen molar-refractivity contribution in [3.05, 3.63) is 62.3 Å². The Morgan fingerprint density at radius 3 is 1.25 bits per heavy atom. The Morgan fingerprint density at radius 1 is 0.575 bits per heavy atom. The van der Waals surface area contributed by atoms with Crippen molar-refractivity contribution < 1.29 is 63.2 Å². The Balaban J connectivity index is 0.000000183. The zero-order valence-corrected chi connectivity index (χ0v) is 54.0. The second kappa shape index (κ2) is 22.3. The molecular weight excluding hydrogens is 1170 g/mol. The van der Waals surface area contributed by atoms with Gasteiger partial charge < -0.3 is 47.4 Å². The van der Waals surface area contributed by atoms with Crippen molar-refractivity contribution in [3.63, 3.8) is 0 Å². The van der Waals surface area contributed by atoms with E-state index in [1.165, 1.54) is 36.8 Å². The van der Waals surface area contributed by atoms with Crippen molar-refractivity contribution in [2.75, 3.05) is 49.3 Å². The summed E-state index contributed by atoms with van der Waals surface area (Å²) in [5, 5.41) is 8.29. The van der Waals surface area contributed by atoms with Gasteiger partial charge in [0.2, 0.25) is 20.0 Å². The van der Waals surface area contributed by atoms with E-state index in [1.807, 2.05) is 96.9 Å². The molecule has 2 aromatic carbocycles. The molecule has 20 nitrogen and oxygen atoms in total. The summed E-state index contributed by atoms with van der Waals surface area (Å²) in [7, 11) is -2.84. The number of hydrogen-bond donors (Lipinski definition) is 2. The van der Waals surface area contributed by atoms with Crippen molar-refractivity contribution in [1.29, 1.82) is 0 Å². The molecule has 4 aromatic heterocycles.